The average Bonchev–Trinajstić information content (AvgIpc) is 2.38. The summed E-state index contributed by atoms with van der Waals surface area (Å²) in [5, 5.41) is 0.394. The Labute approximate surface area is 120 Å². The van der Waals surface area contributed by atoms with Gasteiger partial charge in [0, 0.05) is 25.2 Å². The molecule has 0 fully saturated rings. The molecule has 1 aromatic carbocycles. The second-order valence-corrected chi connectivity index (χ2v) is 6.94. The van der Waals surface area contributed by atoms with Crippen LogP contribution in [-0.4, -0.2) is 26.3 Å². The van der Waals surface area contributed by atoms with Crippen molar-refractivity contribution in [3.8, 4) is 0 Å². The first kappa shape index (κ1) is 16.4. The van der Waals surface area contributed by atoms with Gasteiger partial charge in [0.2, 0.25) is 10.0 Å². The van der Waals surface area contributed by atoms with Crippen molar-refractivity contribution in [3.05, 3.63) is 28.8 Å². The van der Waals surface area contributed by atoms with E-state index in [4.69, 9.17) is 17.3 Å². The van der Waals surface area contributed by atoms with Crippen LogP contribution in [0.25, 0.3) is 0 Å². The molecule has 0 saturated heterocycles. The van der Waals surface area contributed by atoms with E-state index in [1.807, 2.05) is 0 Å². The summed E-state index contributed by atoms with van der Waals surface area (Å²) in [5.41, 5.74) is 6.25. The van der Waals surface area contributed by atoms with Crippen molar-refractivity contribution in [2.45, 2.75) is 37.6 Å². The topological polar surface area (TPSA) is 63.4 Å². The second kappa shape index (κ2) is 7.24. The lowest BCUT2D eigenvalue weighted by atomic mass is 10.2. The maximum atomic E-state index is 12.3. The van der Waals surface area contributed by atoms with E-state index in [0.29, 0.717) is 18.1 Å². The molecule has 0 radical (unpaired) electrons. The van der Waals surface area contributed by atoms with Crippen molar-refractivity contribution in [1.29, 1.82) is 0 Å². The van der Waals surface area contributed by atoms with Gasteiger partial charge in [-0.25, -0.2) is 12.7 Å². The Hall–Kier alpha value is -0.620. The summed E-state index contributed by atoms with van der Waals surface area (Å²) in [4.78, 5) is 0.216. The quantitative estimate of drug-likeness (QED) is 0.788. The zero-order chi connectivity index (χ0) is 14.5. The van der Waals surface area contributed by atoms with Crippen LogP contribution in [0.3, 0.4) is 0 Å². The van der Waals surface area contributed by atoms with Gasteiger partial charge in [-0.05, 0) is 24.1 Å². The molecule has 0 amide bonds. The van der Waals surface area contributed by atoms with Crippen molar-refractivity contribution in [3.63, 3.8) is 0 Å². The molecule has 6 heteroatoms. The summed E-state index contributed by atoms with van der Waals surface area (Å²) in [6.07, 6.45) is 2.94. The fraction of sp³-hybridized carbons (Fsp3) is 0.538. The SMILES string of the molecule is CCCCCN(C)S(=O)(=O)c1ccc(CN)c(Cl)c1. The Morgan fingerprint density at radius 3 is 2.53 bits per heavy atom. The van der Waals surface area contributed by atoms with Crippen molar-refractivity contribution >= 4 is 21.6 Å². The predicted molar refractivity (Wildman–Crippen MR) is 78.7 cm³/mol. The lowest BCUT2D eigenvalue weighted by molar-refractivity contribution is 0.454. The molecule has 0 unspecified atom stereocenters. The summed E-state index contributed by atoms with van der Waals surface area (Å²) in [5.74, 6) is 0. The monoisotopic (exact) mass is 304 g/mol. The minimum Gasteiger partial charge on any atom is -0.326 e. The predicted octanol–water partition coefficient (Wildman–Crippen LogP) is 2.61. The summed E-state index contributed by atoms with van der Waals surface area (Å²) in [6, 6.07) is 4.68. The number of nitrogens with two attached hydrogens (primary N) is 1. The zero-order valence-corrected chi connectivity index (χ0v) is 13.0. The van der Waals surface area contributed by atoms with Gasteiger partial charge in [0.15, 0.2) is 0 Å². The second-order valence-electron chi connectivity index (χ2n) is 4.49. The first-order valence-corrected chi connectivity index (χ1v) is 8.20. The molecule has 0 heterocycles. The van der Waals surface area contributed by atoms with Gasteiger partial charge in [-0.15, -0.1) is 0 Å². The highest BCUT2D eigenvalue weighted by Crippen LogP contribution is 2.22. The highest BCUT2D eigenvalue weighted by molar-refractivity contribution is 7.89. The third-order valence-corrected chi connectivity index (χ3v) is 5.23. The first-order chi connectivity index (χ1) is 8.93. The number of halogens is 1. The maximum Gasteiger partial charge on any atom is 0.242 e. The van der Waals surface area contributed by atoms with E-state index in [9.17, 15) is 8.42 Å². The average molecular weight is 305 g/mol. The standard InChI is InChI=1S/C13H21ClN2O2S/c1-3-4-5-8-16(2)19(17,18)12-7-6-11(10-15)13(14)9-12/h6-7,9H,3-5,8,10,15H2,1-2H3. The van der Waals surface area contributed by atoms with E-state index in [1.165, 1.54) is 10.4 Å². The van der Waals surface area contributed by atoms with E-state index in [0.717, 1.165) is 24.8 Å². The summed E-state index contributed by atoms with van der Waals surface area (Å²) in [7, 11) is -1.87. The van der Waals surface area contributed by atoms with Crippen molar-refractivity contribution in [1.82, 2.24) is 4.31 Å². The van der Waals surface area contributed by atoms with Gasteiger partial charge in [-0.1, -0.05) is 37.4 Å². The third kappa shape index (κ3) is 4.18. The zero-order valence-electron chi connectivity index (χ0n) is 11.4. The largest absolute Gasteiger partial charge is 0.326 e. The minimum atomic E-state index is -3.46. The number of hydrogen-bond acceptors (Lipinski definition) is 3. The molecular formula is C13H21ClN2O2S. The third-order valence-electron chi connectivity index (χ3n) is 3.03. The van der Waals surface area contributed by atoms with Crippen LogP contribution in [0, 0.1) is 0 Å². The first-order valence-electron chi connectivity index (χ1n) is 6.38. The molecule has 0 saturated carbocycles. The Morgan fingerprint density at radius 1 is 1.32 bits per heavy atom. The van der Waals surface area contributed by atoms with Crippen molar-refractivity contribution in [2.24, 2.45) is 5.73 Å². The molecule has 19 heavy (non-hydrogen) atoms. The lowest BCUT2D eigenvalue weighted by Crippen LogP contribution is -2.28. The number of hydrogen-bond donors (Lipinski definition) is 1. The Bertz CT molecular complexity index is 517. The van der Waals surface area contributed by atoms with E-state index >= 15 is 0 Å². The van der Waals surface area contributed by atoms with Gasteiger partial charge in [0.1, 0.15) is 0 Å². The number of nitrogens with zero attached hydrogens (tertiary/aromatic N) is 1. The van der Waals surface area contributed by atoms with Gasteiger partial charge < -0.3 is 5.73 Å². The Kier molecular flexibility index (Phi) is 6.26. The van der Waals surface area contributed by atoms with Gasteiger partial charge in [0.25, 0.3) is 0 Å². The van der Waals surface area contributed by atoms with Crippen LogP contribution in [0.15, 0.2) is 23.1 Å². The summed E-state index contributed by atoms with van der Waals surface area (Å²) in [6.45, 7) is 2.90. The molecule has 0 atom stereocenters. The van der Waals surface area contributed by atoms with Crippen LogP contribution in [-0.2, 0) is 16.6 Å². The van der Waals surface area contributed by atoms with Crippen molar-refractivity contribution < 1.29 is 8.42 Å². The molecular weight excluding hydrogens is 284 g/mol. The number of sulfonamides is 1. The van der Waals surface area contributed by atoms with Crippen LogP contribution in [0.4, 0.5) is 0 Å². The number of unbranched alkanes of at least 4 members (excludes halogenated alkanes) is 2. The molecule has 0 bridgehead atoms. The molecule has 2 N–H and O–H groups in total. The van der Waals surface area contributed by atoms with Crippen molar-refractivity contribution in [2.75, 3.05) is 13.6 Å². The minimum absolute atomic E-state index is 0.216. The lowest BCUT2D eigenvalue weighted by Gasteiger charge is -2.17. The van der Waals surface area contributed by atoms with E-state index < -0.39 is 10.0 Å². The van der Waals surface area contributed by atoms with E-state index in [-0.39, 0.29) is 4.90 Å². The van der Waals surface area contributed by atoms with E-state index in [2.05, 4.69) is 6.92 Å². The van der Waals surface area contributed by atoms with Crippen LogP contribution in [0.2, 0.25) is 5.02 Å². The smallest absolute Gasteiger partial charge is 0.242 e. The van der Waals surface area contributed by atoms with Gasteiger partial charge >= 0.3 is 0 Å². The molecule has 0 aliphatic heterocycles. The summed E-state index contributed by atoms with van der Waals surface area (Å²) < 4.78 is 26.0. The highest BCUT2D eigenvalue weighted by atomic mass is 35.5. The fourth-order valence-corrected chi connectivity index (χ4v) is 3.30. The van der Waals surface area contributed by atoms with Gasteiger partial charge in [-0.3, -0.25) is 0 Å². The van der Waals surface area contributed by atoms with Crippen LogP contribution in [0.5, 0.6) is 0 Å². The summed E-state index contributed by atoms with van der Waals surface area (Å²) >= 11 is 6.00. The fourth-order valence-electron chi connectivity index (χ4n) is 1.74. The van der Waals surface area contributed by atoms with E-state index in [1.54, 1.807) is 19.2 Å². The highest BCUT2D eigenvalue weighted by Gasteiger charge is 2.20. The molecule has 1 aromatic rings. The normalized spacial score (nSPS) is 12.1. The van der Waals surface area contributed by atoms with Crippen LogP contribution < -0.4 is 5.73 Å². The molecule has 0 aliphatic carbocycles. The molecule has 0 spiro atoms. The van der Waals surface area contributed by atoms with Gasteiger partial charge in [-0.2, -0.15) is 0 Å². The maximum absolute atomic E-state index is 12.3. The molecule has 1 rings (SSSR count). The van der Waals surface area contributed by atoms with Crippen LogP contribution >= 0.6 is 11.6 Å². The molecule has 0 aliphatic rings. The molecule has 0 aromatic heterocycles. The number of rotatable bonds is 7. The Balaban J connectivity index is 2.90. The van der Waals surface area contributed by atoms with Gasteiger partial charge in [0.05, 0.1) is 4.90 Å². The van der Waals surface area contributed by atoms with Crippen LogP contribution in [0.1, 0.15) is 31.7 Å². The number of benzene rings is 1. The molecule has 4 nitrogen and oxygen atoms in total. The Morgan fingerprint density at radius 2 is 2.00 bits per heavy atom. The molecule has 108 valence electrons.